The van der Waals surface area contributed by atoms with E-state index in [0.717, 1.165) is 38.3 Å². The molecule has 1 saturated heterocycles. The molecule has 1 fully saturated rings. The molecule has 3 rings (SSSR count). The highest BCUT2D eigenvalue weighted by atomic mass is 15.2. The number of aromatic nitrogens is 2. The Kier molecular flexibility index (Phi) is 3.51. The highest BCUT2D eigenvalue weighted by Gasteiger charge is 2.22. The van der Waals surface area contributed by atoms with Crippen LogP contribution in [-0.2, 0) is 6.54 Å². The Labute approximate surface area is 113 Å². The van der Waals surface area contributed by atoms with Crippen LogP contribution in [0.2, 0.25) is 0 Å². The number of H-pyrrole nitrogens is 1. The Balaban J connectivity index is 1.57. The quantitative estimate of drug-likeness (QED) is 0.886. The zero-order valence-corrected chi connectivity index (χ0v) is 11.0. The van der Waals surface area contributed by atoms with Gasteiger partial charge in [-0.25, -0.2) is 0 Å². The fraction of sp³-hybridized carbons (Fsp3) is 0.400. The van der Waals surface area contributed by atoms with Crippen LogP contribution < -0.4 is 5.73 Å². The minimum atomic E-state index is 0.561. The van der Waals surface area contributed by atoms with Gasteiger partial charge in [0.15, 0.2) is 0 Å². The van der Waals surface area contributed by atoms with Crippen molar-refractivity contribution in [2.75, 3.05) is 18.8 Å². The maximum Gasteiger partial charge on any atom is 0.122 e. The van der Waals surface area contributed by atoms with Gasteiger partial charge in [0.1, 0.15) is 5.82 Å². The van der Waals surface area contributed by atoms with E-state index >= 15 is 0 Å². The number of nitrogen functional groups attached to an aromatic ring is 1. The smallest absolute Gasteiger partial charge is 0.122 e. The van der Waals surface area contributed by atoms with Gasteiger partial charge < -0.3 is 5.73 Å². The number of nitrogens with two attached hydrogens (primary N) is 1. The second-order valence-electron chi connectivity index (χ2n) is 5.28. The van der Waals surface area contributed by atoms with Crippen molar-refractivity contribution in [1.29, 1.82) is 0 Å². The number of hydrogen-bond acceptors (Lipinski definition) is 3. The third-order valence-corrected chi connectivity index (χ3v) is 3.98. The summed E-state index contributed by atoms with van der Waals surface area (Å²) in [5.74, 6) is 1.30. The number of hydrogen-bond donors (Lipinski definition) is 2. The molecular weight excluding hydrogens is 236 g/mol. The Morgan fingerprint density at radius 3 is 2.58 bits per heavy atom. The molecule has 0 amide bonds. The normalized spacial score (nSPS) is 17.7. The molecule has 19 heavy (non-hydrogen) atoms. The number of anilines is 1. The molecule has 2 heterocycles. The van der Waals surface area contributed by atoms with E-state index in [1.165, 1.54) is 11.1 Å². The average molecular weight is 256 g/mol. The summed E-state index contributed by atoms with van der Waals surface area (Å²) >= 11 is 0. The summed E-state index contributed by atoms with van der Waals surface area (Å²) < 4.78 is 0. The summed E-state index contributed by atoms with van der Waals surface area (Å²) in [5.41, 5.74) is 8.48. The predicted molar refractivity (Wildman–Crippen MR) is 76.7 cm³/mol. The molecule has 1 aliphatic rings. The molecular formula is C15H20N4. The van der Waals surface area contributed by atoms with Crippen molar-refractivity contribution in [3.63, 3.8) is 0 Å². The lowest BCUT2D eigenvalue weighted by Crippen LogP contribution is -2.32. The van der Waals surface area contributed by atoms with Gasteiger partial charge in [-0.3, -0.25) is 10.00 Å². The molecule has 3 N–H and O–H groups in total. The second-order valence-corrected chi connectivity index (χ2v) is 5.28. The summed E-state index contributed by atoms with van der Waals surface area (Å²) in [7, 11) is 0. The molecule has 0 atom stereocenters. The Morgan fingerprint density at radius 2 is 1.95 bits per heavy atom. The van der Waals surface area contributed by atoms with Crippen LogP contribution >= 0.6 is 0 Å². The second kappa shape index (κ2) is 5.45. The van der Waals surface area contributed by atoms with Crippen LogP contribution in [0.15, 0.2) is 36.5 Å². The molecule has 0 spiro atoms. The van der Waals surface area contributed by atoms with Crippen molar-refractivity contribution < 1.29 is 0 Å². The van der Waals surface area contributed by atoms with Gasteiger partial charge in [0.2, 0.25) is 0 Å². The van der Waals surface area contributed by atoms with Crippen molar-refractivity contribution in [2.45, 2.75) is 25.3 Å². The lowest BCUT2D eigenvalue weighted by atomic mass is 9.91. The largest absolute Gasteiger partial charge is 0.384 e. The van der Waals surface area contributed by atoms with Crippen molar-refractivity contribution in [3.8, 4) is 0 Å². The summed E-state index contributed by atoms with van der Waals surface area (Å²) in [6, 6.07) is 10.7. The van der Waals surface area contributed by atoms with E-state index in [1.54, 1.807) is 0 Å². The van der Waals surface area contributed by atoms with Gasteiger partial charge in [0, 0.05) is 12.1 Å². The van der Waals surface area contributed by atoms with E-state index in [-0.39, 0.29) is 0 Å². The molecule has 4 heteroatoms. The number of piperidine rings is 1. The van der Waals surface area contributed by atoms with Gasteiger partial charge in [0.05, 0.1) is 6.20 Å². The standard InChI is InChI=1S/C15H20N4/c16-15-14(10-17-18-15)13-6-8-19(9-7-13)11-12-4-2-1-3-5-12/h1-5,10,13H,6-9,11H2,(H3,16,17,18). The number of nitrogens with zero attached hydrogens (tertiary/aromatic N) is 2. The average Bonchev–Trinajstić information content (AvgIpc) is 2.87. The molecule has 0 radical (unpaired) electrons. The number of rotatable bonds is 3. The molecule has 1 aromatic heterocycles. The third kappa shape index (κ3) is 2.79. The first-order chi connectivity index (χ1) is 9.33. The van der Waals surface area contributed by atoms with Crippen LogP contribution in [0.25, 0.3) is 0 Å². The van der Waals surface area contributed by atoms with Crippen LogP contribution in [0.5, 0.6) is 0 Å². The Morgan fingerprint density at radius 1 is 1.21 bits per heavy atom. The van der Waals surface area contributed by atoms with Crippen LogP contribution in [0.1, 0.15) is 29.9 Å². The Hall–Kier alpha value is -1.81. The molecule has 100 valence electrons. The highest BCUT2D eigenvalue weighted by molar-refractivity contribution is 5.39. The van der Waals surface area contributed by atoms with Gasteiger partial charge >= 0.3 is 0 Å². The maximum absolute atomic E-state index is 5.90. The molecule has 4 nitrogen and oxygen atoms in total. The maximum atomic E-state index is 5.90. The van der Waals surface area contributed by atoms with E-state index in [4.69, 9.17) is 5.73 Å². The third-order valence-electron chi connectivity index (χ3n) is 3.98. The first-order valence-electron chi connectivity index (χ1n) is 6.88. The van der Waals surface area contributed by atoms with Crippen molar-refractivity contribution in [1.82, 2.24) is 15.1 Å². The van der Waals surface area contributed by atoms with E-state index in [2.05, 4.69) is 45.4 Å². The van der Waals surface area contributed by atoms with Gasteiger partial charge in [-0.15, -0.1) is 0 Å². The number of aromatic amines is 1. The summed E-state index contributed by atoms with van der Waals surface area (Å²) in [6.45, 7) is 3.31. The van der Waals surface area contributed by atoms with Crippen LogP contribution in [0, 0.1) is 0 Å². The fourth-order valence-corrected chi connectivity index (χ4v) is 2.87. The first-order valence-corrected chi connectivity index (χ1v) is 6.88. The minimum Gasteiger partial charge on any atom is -0.384 e. The molecule has 0 saturated carbocycles. The van der Waals surface area contributed by atoms with Gasteiger partial charge in [-0.2, -0.15) is 5.10 Å². The molecule has 0 aliphatic carbocycles. The monoisotopic (exact) mass is 256 g/mol. The van der Waals surface area contributed by atoms with Gasteiger partial charge in [-0.1, -0.05) is 30.3 Å². The zero-order chi connectivity index (χ0) is 13.1. The highest BCUT2D eigenvalue weighted by Crippen LogP contribution is 2.30. The molecule has 1 aromatic carbocycles. The van der Waals surface area contributed by atoms with E-state index in [0.29, 0.717) is 5.92 Å². The van der Waals surface area contributed by atoms with Crippen molar-refractivity contribution >= 4 is 5.82 Å². The van der Waals surface area contributed by atoms with Gasteiger partial charge in [-0.05, 0) is 37.4 Å². The summed E-state index contributed by atoms with van der Waals surface area (Å²) in [5, 5.41) is 6.85. The van der Waals surface area contributed by atoms with E-state index in [9.17, 15) is 0 Å². The first kappa shape index (κ1) is 12.2. The fourth-order valence-electron chi connectivity index (χ4n) is 2.87. The van der Waals surface area contributed by atoms with Crippen molar-refractivity contribution in [2.24, 2.45) is 0 Å². The molecule has 0 unspecified atom stereocenters. The minimum absolute atomic E-state index is 0.561. The van der Waals surface area contributed by atoms with Crippen LogP contribution in [-0.4, -0.2) is 28.2 Å². The Bertz CT molecular complexity index is 512. The molecule has 0 bridgehead atoms. The SMILES string of the molecule is Nc1[nH]ncc1C1CCN(Cc2ccccc2)CC1. The van der Waals surface area contributed by atoms with E-state index < -0.39 is 0 Å². The lowest BCUT2D eigenvalue weighted by molar-refractivity contribution is 0.205. The van der Waals surface area contributed by atoms with Gasteiger partial charge in [0.25, 0.3) is 0 Å². The van der Waals surface area contributed by atoms with E-state index in [1.807, 2.05) is 6.20 Å². The zero-order valence-electron chi connectivity index (χ0n) is 11.0. The topological polar surface area (TPSA) is 57.9 Å². The number of benzene rings is 1. The summed E-state index contributed by atoms with van der Waals surface area (Å²) in [4.78, 5) is 2.52. The van der Waals surface area contributed by atoms with Crippen molar-refractivity contribution in [3.05, 3.63) is 47.7 Å². The van der Waals surface area contributed by atoms with Crippen LogP contribution in [0.3, 0.4) is 0 Å². The molecule has 1 aliphatic heterocycles. The number of nitrogens with one attached hydrogen (secondary N) is 1. The summed E-state index contributed by atoms with van der Waals surface area (Å²) in [6.07, 6.45) is 4.21. The lowest BCUT2D eigenvalue weighted by Gasteiger charge is -2.31. The van der Waals surface area contributed by atoms with Crippen LogP contribution in [0.4, 0.5) is 5.82 Å². The predicted octanol–water partition coefficient (Wildman–Crippen LogP) is 2.37. The molecule has 2 aromatic rings. The number of likely N-dealkylation sites (tertiary alicyclic amines) is 1.